The summed E-state index contributed by atoms with van der Waals surface area (Å²) in [5.74, 6) is -0.880. The number of carbonyl (C=O) groups excluding carboxylic acids is 1. The average Bonchev–Trinajstić information content (AvgIpc) is 2.62. The molecule has 0 aliphatic heterocycles. The molecule has 0 bridgehead atoms. The Kier molecular flexibility index (Phi) is 5.71. The first-order chi connectivity index (χ1) is 11.6. The zero-order chi connectivity index (χ0) is 17.5. The predicted octanol–water partition coefficient (Wildman–Crippen LogP) is 3.88. The fraction of sp³-hybridized carbons (Fsp3) is 0.250. The van der Waals surface area contributed by atoms with Crippen molar-refractivity contribution < 1.29 is 9.53 Å². The van der Waals surface area contributed by atoms with Crippen molar-refractivity contribution in [2.75, 3.05) is 6.61 Å². The van der Waals surface area contributed by atoms with Crippen LogP contribution in [0.4, 0.5) is 0 Å². The molecule has 2 aromatic rings. The maximum Gasteiger partial charge on any atom is 0.314 e. The van der Waals surface area contributed by atoms with Crippen LogP contribution >= 0.6 is 0 Å². The summed E-state index contributed by atoms with van der Waals surface area (Å²) in [4.78, 5) is 12.5. The molecule has 0 fully saturated rings. The Morgan fingerprint density at radius 1 is 0.958 bits per heavy atom. The monoisotopic (exact) mass is 318 g/mol. The number of esters is 1. The van der Waals surface area contributed by atoms with E-state index < -0.39 is 5.92 Å². The molecule has 0 aliphatic rings. The van der Waals surface area contributed by atoms with Crippen molar-refractivity contribution in [1.82, 2.24) is 0 Å². The zero-order valence-corrected chi connectivity index (χ0v) is 13.7. The van der Waals surface area contributed by atoms with Crippen LogP contribution in [0.15, 0.2) is 48.5 Å². The highest BCUT2D eigenvalue weighted by atomic mass is 16.5. The topological polar surface area (TPSA) is 73.9 Å². The molecule has 2 aromatic carbocycles. The molecule has 4 heteroatoms. The molecule has 0 radical (unpaired) electrons. The van der Waals surface area contributed by atoms with E-state index >= 15 is 0 Å². The molecule has 0 amide bonds. The van der Waals surface area contributed by atoms with Crippen LogP contribution in [0.1, 0.15) is 47.9 Å². The summed E-state index contributed by atoms with van der Waals surface area (Å²) < 4.78 is 5.25. The number of hydrogen-bond acceptors (Lipinski definition) is 4. The molecular formula is C20H18N2O2. The Morgan fingerprint density at radius 2 is 1.42 bits per heavy atom. The highest BCUT2D eigenvalue weighted by molar-refractivity contribution is 5.79. The van der Waals surface area contributed by atoms with Gasteiger partial charge in [0.05, 0.1) is 35.8 Å². The summed E-state index contributed by atoms with van der Waals surface area (Å²) in [5, 5.41) is 17.8. The lowest BCUT2D eigenvalue weighted by atomic mass is 9.82. The molecule has 4 nitrogen and oxygen atoms in total. The van der Waals surface area contributed by atoms with Crippen molar-refractivity contribution >= 4 is 5.97 Å². The smallest absolute Gasteiger partial charge is 0.314 e. The highest BCUT2D eigenvalue weighted by Crippen LogP contribution is 2.34. The Hall–Kier alpha value is -3.11. The van der Waals surface area contributed by atoms with Gasteiger partial charge in [-0.2, -0.15) is 10.5 Å². The molecule has 0 saturated heterocycles. The van der Waals surface area contributed by atoms with Crippen molar-refractivity contribution in [3.05, 3.63) is 70.8 Å². The van der Waals surface area contributed by atoms with Gasteiger partial charge in [0.1, 0.15) is 0 Å². The Bertz CT molecular complexity index is 780. The van der Waals surface area contributed by atoms with Crippen LogP contribution in [0, 0.1) is 22.7 Å². The minimum absolute atomic E-state index is 0.121. The van der Waals surface area contributed by atoms with Gasteiger partial charge in [0.2, 0.25) is 0 Å². The molecule has 24 heavy (non-hydrogen) atoms. The van der Waals surface area contributed by atoms with E-state index in [1.54, 1.807) is 43.3 Å². The van der Waals surface area contributed by atoms with Crippen molar-refractivity contribution in [1.29, 1.82) is 10.5 Å². The summed E-state index contributed by atoms with van der Waals surface area (Å²) in [7, 11) is 0. The highest BCUT2D eigenvalue weighted by Gasteiger charge is 2.29. The summed E-state index contributed by atoms with van der Waals surface area (Å²) in [6, 6.07) is 18.4. The third kappa shape index (κ3) is 3.80. The van der Waals surface area contributed by atoms with E-state index in [-0.39, 0.29) is 11.9 Å². The molecule has 2 atom stereocenters. The van der Waals surface area contributed by atoms with Gasteiger partial charge in [0.15, 0.2) is 0 Å². The van der Waals surface area contributed by atoms with Gasteiger partial charge in [-0.05, 0) is 48.2 Å². The van der Waals surface area contributed by atoms with Gasteiger partial charge < -0.3 is 4.74 Å². The maximum atomic E-state index is 12.5. The second-order valence-electron chi connectivity index (χ2n) is 5.49. The number of hydrogen-bond donors (Lipinski definition) is 0. The normalized spacial score (nSPS) is 12.5. The van der Waals surface area contributed by atoms with E-state index in [0.717, 1.165) is 11.1 Å². The Labute approximate surface area is 141 Å². The number of rotatable bonds is 5. The number of benzene rings is 2. The van der Waals surface area contributed by atoms with Crippen LogP contribution in [0.5, 0.6) is 0 Å². The van der Waals surface area contributed by atoms with Gasteiger partial charge in [-0.15, -0.1) is 0 Å². The standard InChI is InChI=1S/C20H18N2O2/c1-3-24-20(23)19(18-10-6-16(13-22)7-11-18)14(2)17-8-4-15(12-21)5-9-17/h4-11,14,19H,3H2,1-2H3. The molecule has 0 saturated carbocycles. The summed E-state index contributed by atoms with van der Waals surface area (Å²) in [5.41, 5.74) is 2.89. The third-order valence-corrected chi connectivity index (χ3v) is 4.00. The first kappa shape index (κ1) is 17.2. The van der Waals surface area contributed by atoms with E-state index in [4.69, 9.17) is 15.3 Å². The first-order valence-corrected chi connectivity index (χ1v) is 7.77. The fourth-order valence-corrected chi connectivity index (χ4v) is 2.68. The quantitative estimate of drug-likeness (QED) is 0.784. The van der Waals surface area contributed by atoms with Crippen LogP contribution in [-0.4, -0.2) is 12.6 Å². The van der Waals surface area contributed by atoms with E-state index in [9.17, 15) is 4.79 Å². The zero-order valence-electron chi connectivity index (χ0n) is 13.7. The molecule has 0 aromatic heterocycles. The Balaban J connectivity index is 2.38. The second-order valence-corrected chi connectivity index (χ2v) is 5.49. The van der Waals surface area contributed by atoms with E-state index in [0.29, 0.717) is 17.7 Å². The fourth-order valence-electron chi connectivity index (χ4n) is 2.68. The van der Waals surface area contributed by atoms with Crippen molar-refractivity contribution in [2.24, 2.45) is 0 Å². The third-order valence-electron chi connectivity index (χ3n) is 4.00. The lowest BCUT2D eigenvalue weighted by Crippen LogP contribution is -2.21. The van der Waals surface area contributed by atoms with Gasteiger partial charge in [0.25, 0.3) is 0 Å². The van der Waals surface area contributed by atoms with Crippen molar-refractivity contribution in [3.63, 3.8) is 0 Å². The van der Waals surface area contributed by atoms with Gasteiger partial charge in [-0.3, -0.25) is 4.79 Å². The van der Waals surface area contributed by atoms with E-state index in [1.807, 2.05) is 19.1 Å². The first-order valence-electron chi connectivity index (χ1n) is 7.77. The van der Waals surface area contributed by atoms with Crippen molar-refractivity contribution in [2.45, 2.75) is 25.7 Å². The molecule has 0 heterocycles. The molecule has 0 N–H and O–H groups in total. The number of nitrogens with zero attached hydrogens (tertiary/aromatic N) is 2. The number of ether oxygens (including phenoxy) is 1. The average molecular weight is 318 g/mol. The molecule has 2 unspecified atom stereocenters. The SMILES string of the molecule is CCOC(=O)C(c1ccc(C#N)cc1)C(C)c1ccc(C#N)cc1. The lowest BCUT2D eigenvalue weighted by Gasteiger charge is -2.23. The summed E-state index contributed by atoms with van der Waals surface area (Å²) in [6.45, 7) is 4.05. The summed E-state index contributed by atoms with van der Waals surface area (Å²) >= 11 is 0. The van der Waals surface area contributed by atoms with Crippen molar-refractivity contribution in [3.8, 4) is 12.1 Å². The van der Waals surface area contributed by atoms with Gasteiger partial charge >= 0.3 is 5.97 Å². The predicted molar refractivity (Wildman–Crippen MR) is 90.1 cm³/mol. The molecule has 2 rings (SSSR count). The molecule has 0 aliphatic carbocycles. The maximum absolute atomic E-state index is 12.5. The lowest BCUT2D eigenvalue weighted by molar-refractivity contribution is -0.145. The minimum atomic E-state index is -0.467. The molecular weight excluding hydrogens is 300 g/mol. The van der Waals surface area contributed by atoms with E-state index in [2.05, 4.69) is 12.1 Å². The molecule has 0 spiro atoms. The van der Waals surface area contributed by atoms with E-state index in [1.165, 1.54) is 0 Å². The van der Waals surface area contributed by atoms with Crippen LogP contribution in [0.3, 0.4) is 0 Å². The van der Waals surface area contributed by atoms with Gasteiger partial charge in [0, 0.05) is 0 Å². The number of carbonyl (C=O) groups is 1. The second kappa shape index (κ2) is 7.94. The van der Waals surface area contributed by atoms with Crippen LogP contribution < -0.4 is 0 Å². The van der Waals surface area contributed by atoms with Gasteiger partial charge in [-0.25, -0.2) is 0 Å². The number of nitriles is 2. The van der Waals surface area contributed by atoms with Crippen LogP contribution in [0.2, 0.25) is 0 Å². The Morgan fingerprint density at radius 3 is 1.83 bits per heavy atom. The van der Waals surface area contributed by atoms with Crippen LogP contribution in [-0.2, 0) is 9.53 Å². The van der Waals surface area contributed by atoms with Crippen LogP contribution in [0.25, 0.3) is 0 Å². The largest absolute Gasteiger partial charge is 0.466 e. The molecule has 120 valence electrons. The summed E-state index contributed by atoms with van der Waals surface area (Å²) in [6.07, 6.45) is 0. The van der Waals surface area contributed by atoms with Gasteiger partial charge in [-0.1, -0.05) is 31.2 Å². The minimum Gasteiger partial charge on any atom is -0.466 e.